The Labute approximate surface area is 168 Å². The number of methoxy groups -OCH3 is 1. The molecule has 0 fully saturated rings. The van der Waals surface area contributed by atoms with Crippen molar-refractivity contribution in [2.24, 2.45) is 5.16 Å². The Bertz CT molecular complexity index is 1150. The van der Waals surface area contributed by atoms with Gasteiger partial charge in [0.05, 0.1) is 25.5 Å². The first-order valence-corrected chi connectivity index (χ1v) is 9.10. The third-order valence-corrected chi connectivity index (χ3v) is 4.54. The molecule has 0 aliphatic carbocycles. The number of carbonyl (C=O) groups excluding carboxylic acids is 1. The van der Waals surface area contributed by atoms with Crippen LogP contribution in [0.5, 0.6) is 5.75 Å². The van der Waals surface area contributed by atoms with Gasteiger partial charge >= 0.3 is 5.97 Å². The standard InChI is InChI=1S/C23H19N3O3/c1-28-21-10-8-18(9-11-21)23(27)29-25-22(15-26-13-12-24-16-26)20-7-6-17-4-2-3-5-19(17)14-20/h2-14,16H,15H2,1H3/b25-22+. The van der Waals surface area contributed by atoms with E-state index in [4.69, 9.17) is 9.57 Å². The summed E-state index contributed by atoms with van der Waals surface area (Å²) in [6.07, 6.45) is 5.23. The van der Waals surface area contributed by atoms with Gasteiger partial charge in [0.25, 0.3) is 0 Å². The van der Waals surface area contributed by atoms with E-state index in [0.29, 0.717) is 23.6 Å². The number of hydrogen-bond acceptors (Lipinski definition) is 5. The van der Waals surface area contributed by atoms with Crippen LogP contribution in [0.15, 0.2) is 90.6 Å². The molecule has 0 N–H and O–H groups in total. The molecule has 144 valence electrons. The van der Waals surface area contributed by atoms with Gasteiger partial charge in [0, 0.05) is 18.0 Å². The Balaban J connectivity index is 1.62. The summed E-state index contributed by atoms with van der Waals surface area (Å²) in [5.41, 5.74) is 1.89. The molecule has 3 aromatic carbocycles. The second-order valence-corrected chi connectivity index (χ2v) is 6.44. The van der Waals surface area contributed by atoms with E-state index in [9.17, 15) is 4.79 Å². The Morgan fingerprint density at radius 2 is 1.76 bits per heavy atom. The zero-order chi connectivity index (χ0) is 20.1. The van der Waals surface area contributed by atoms with Gasteiger partial charge in [-0.05, 0) is 41.1 Å². The predicted molar refractivity (Wildman–Crippen MR) is 111 cm³/mol. The summed E-state index contributed by atoms with van der Waals surface area (Å²) >= 11 is 0. The van der Waals surface area contributed by atoms with Crippen LogP contribution in [-0.2, 0) is 11.4 Å². The molecule has 1 aromatic heterocycles. The van der Waals surface area contributed by atoms with E-state index in [2.05, 4.69) is 16.2 Å². The number of aromatic nitrogens is 2. The van der Waals surface area contributed by atoms with E-state index in [-0.39, 0.29) is 0 Å². The molecule has 0 atom stereocenters. The van der Waals surface area contributed by atoms with Gasteiger partial charge in [-0.3, -0.25) is 0 Å². The van der Waals surface area contributed by atoms with Gasteiger partial charge in [-0.25, -0.2) is 9.78 Å². The molecule has 6 heteroatoms. The molecule has 4 rings (SSSR count). The minimum Gasteiger partial charge on any atom is -0.497 e. The second kappa shape index (κ2) is 8.39. The van der Waals surface area contributed by atoms with Crippen LogP contribution in [0.1, 0.15) is 15.9 Å². The van der Waals surface area contributed by atoms with Gasteiger partial charge in [-0.1, -0.05) is 41.6 Å². The van der Waals surface area contributed by atoms with Crippen LogP contribution in [0.2, 0.25) is 0 Å². The summed E-state index contributed by atoms with van der Waals surface area (Å²) in [5.74, 6) is 0.138. The normalized spacial score (nSPS) is 11.4. The highest BCUT2D eigenvalue weighted by atomic mass is 16.7. The van der Waals surface area contributed by atoms with Crippen molar-refractivity contribution in [1.29, 1.82) is 0 Å². The first-order valence-electron chi connectivity index (χ1n) is 9.10. The number of imidazole rings is 1. The average Bonchev–Trinajstić information content (AvgIpc) is 3.29. The molecule has 1 heterocycles. The quantitative estimate of drug-likeness (QED) is 0.282. The van der Waals surface area contributed by atoms with Crippen LogP contribution in [0.4, 0.5) is 0 Å². The van der Waals surface area contributed by atoms with Crippen LogP contribution in [-0.4, -0.2) is 28.3 Å². The summed E-state index contributed by atoms with van der Waals surface area (Å²) in [6, 6.07) is 20.8. The smallest absolute Gasteiger partial charge is 0.365 e. The molecule has 0 radical (unpaired) electrons. The van der Waals surface area contributed by atoms with E-state index in [1.165, 1.54) is 0 Å². The third kappa shape index (κ3) is 4.32. The third-order valence-electron chi connectivity index (χ3n) is 4.54. The van der Waals surface area contributed by atoms with Gasteiger partial charge in [-0.2, -0.15) is 0 Å². The Hall–Kier alpha value is -3.93. The summed E-state index contributed by atoms with van der Waals surface area (Å²) in [6.45, 7) is 0.425. The van der Waals surface area contributed by atoms with Crippen molar-refractivity contribution in [2.75, 3.05) is 7.11 Å². The zero-order valence-electron chi connectivity index (χ0n) is 15.9. The topological polar surface area (TPSA) is 65.7 Å². The van der Waals surface area contributed by atoms with Gasteiger partial charge in [0.2, 0.25) is 0 Å². The van der Waals surface area contributed by atoms with Crippen molar-refractivity contribution < 1.29 is 14.4 Å². The number of fused-ring (bicyclic) bond motifs is 1. The van der Waals surface area contributed by atoms with Crippen molar-refractivity contribution in [1.82, 2.24) is 9.55 Å². The Kier molecular flexibility index (Phi) is 5.33. The van der Waals surface area contributed by atoms with E-state index < -0.39 is 5.97 Å². The Morgan fingerprint density at radius 3 is 2.48 bits per heavy atom. The first kappa shape index (κ1) is 18.4. The fourth-order valence-electron chi connectivity index (χ4n) is 2.97. The predicted octanol–water partition coefficient (Wildman–Crippen LogP) is 4.31. The summed E-state index contributed by atoms with van der Waals surface area (Å²) in [7, 11) is 1.57. The maximum atomic E-state index is 12.4. The van der Waals surface area contributed by atoms with Gasteiger partial charge < -0.3 is 14.1 Å². The van der Waals surface area contributed by atoms with Crippen LogP contribution in [0, 0.1) is 0 Å². The highest BCUT2D eigenvalue weighted by Crippen LogP contribution is 2.18. The zero-order valence-corrected chi connectivity index (χ0v) is 15.9. The van der Waals surface area contributed by atoms with Crippen LogP contribution in [0.3, 0.4) is 0 Å². The molecule has 4 aromatic rings. The van der Waals surface area contributed by atoms with Crippen molar-refractivity contribution in [3.8, 4) is 5.75 Å². The molecule has 0 aliphatic heterocycles. The fraction of sp³-hybridized carbons (Fsp3) is 0.0870. The highest BCUT2D eigenvalue weighted by molar-refractivity contribution is 6.03. The lowest BCUT2D eigenvalue weighted by molar-refractivity contribution is 0.0515. The number of oxime groups is 1. The SMILES string of the molecule is COc1ccc(C(=O)O/N=C(\Cn2ccnc2)c2ccc3ccccc3c2)cc1. The summed E-state index contributed by atoms with van der Waals surface area (Å²) < 4.78 is 6.98. The van der Waals surface area contributed by atoms with Crippen LogP contribution >= 0.6 is 0 Å². The lowest BCUT2D eigenvalue weighted by atomic mass is 10.0. The van der Waals surface area contributed by atoms with Crippen LogP contribution < -0.4 is 4.74 Å². The fourth-order valence-corrected chi connectivity index (χ4v) is 2.97. The van der Waals surface area contributed by atoms with Crippen molar-refractivity contribution >= 4 is 22.5 Å². The first-order chi connectivity index (χ1) is 14.2. The van der Waals surface area contributed by atoms with Gasteiger partial charge in [0.1, 0.15) is 11.5 Å². The second-order valence-electron chi connectivity index (χ2n) is 6.44. The van der Waals surface area contributed by atoms with E-state index in [1.54, 1.807) is 43.9 Å². The lowest BCUT2D eigenvalue weighted by Gasteiger charge is -2.09. The molecule has 0 unspecified atom stereocenters. The number of benzene rings is 3. The molecule has 0 bridgehead atoms. The monoisotopic (exact) mass is 385 g/mol. The molecule has 0 aliphatic rings. The van der Waals surface area contributed by atoms with Gasteiger partial charge in [-0.15, -0.1) is 0 Å². The van der Waals surface area contributed by atoms with Crippen LogP contribution in [0.25, 0.3) is 10.8 Å². The van der Waals surface area contributed by atoms with Gasteiger partial charge in [0.15, 0.2) is 0 Å². The van der Waals surface area contributed by atoms with Crippen molar-refractivity contribution in [3.63, 3.8) is 0 Å². The largest absolute Gasteiger partial charge is 0.497 e. The van der Waals surface area contributed by atoms with Crippen molar-refractivity contribution in [3.05, 3.63) is 96.6 Å². The summed E-state index contributed by atoms with van der Waals surface area (Å²) in [5, 5.41) is 6.40. The Morgan fingerprint density at radius 1 is 1.00 bits per heavy atom. The molecule has 6 nitrogen and oxygen atoms in total. The molecule has 0 saturated heterocycles. The average molecular weight is 385 g/mol. The molecule has 0 spiro atoms. The minimum atomic E-state index is -0.531. The number of rotatable bonds is 6. The van der Waals surface area contributed by atoms with E-state index in [0.717, 1.165) is 16.3 Å². The maximum absolute atomic E-state index is 12.4. The molecular weight excluding hydrogens is 366 g/mol. The van der Waals surface area contributed by atoms with E-state index >= 15 is 0 Å². The number of hydrogen-bond donors (Lipinski definition) is 0. The molecule has 0 amide bonds. The van der Waals surface area contributed by atoms with Crippen molar-refractivity contribution in [2.45, 2.75) is 6.54 Å². The maximum Gasteiger partial charge on any atom is 0.365 e. The minimum absolute atomic E-state index is 0.398. The number of ether oxygens (including phenoxy) is 1. The molecule has 0 saturated carbocycles. The summed E-state index contributed by atoms with van der Waals surface area (Å²) in [4.78, 5) is 21.7. The van der Waals surface area contributed by atoms with E-state index in [1.807, 2.05) is 47.2 Å². The molecular formula is C23H19N3O3. The number of carbonyl (C=O) groups is 1. The highest BCUT2D eigenvalue weighted by Gasteiger charge is 2.11. The lowest BCUT2D eigenvalue weighted by Crippen LogP contribution is -2.13. The molecule has 29 heavy (non-hydrogen) atoms. The number of nitrogens with zero attached hydrogens (tertiary/aromatic N) is 3.